The summed E-state index contributed by atoms with van der Waals surface area (Å²) in [6, 6.07) is 0.630. The van der Waals surface area contributed by atoms with Crippen LogP contribution in [-0.4, -0.2) is 54.5 Å². The summed E-state index contributed by atoms with van der Waals surface area (Å²) in [4.78, 5) is 17.6. The number of nitrogens with zero attached hydrogens (tertiary/aromatic N) is 2. The lowest BCUT2D eigenvalue weighted by atomic mass is 9.81. The van der Waals surface area contributed by atoms with Crippen LogP contribution < -0.4 is 5.73 Å². The predicted octanol–water partition coefficient (Wildman–Crippen LogP) is 1.84. The molecule has 3 rings (SSSR count). The highest BCUT2D eigenvalue weighted by Gasteiger charge is 2.33. The minimum absolute atomic E-state index is 0.283. The molecular formula is C17H31N3O. The molecule has 1 atom stereocenters. The molecule has 2 aliphatic heterocycles. The van der Waals surface area contributed by atoms with Crippen molar-refractivity contribution in [1.29, 1.82) is 0 Å². The van der Waals surface area contributed by atoms with Gasteiger partial charge in [0.2, 0.25) is 5.91 Å². The molecule has 0 bridgehead atoms. The van der Waals surface area contributed by atoms with Crippen molar-refractivity contribution in [2.45, 2.75) is 57.4 Å². The molecule has 120 valence electrons. The number of amides is 1. The van der Waals surface area contributed by atoms with E-state index < -0.39 is 0 Å². The average molecular weight is 293 g/mol. The first-order valence-corrected chi connectivity index (χ1v) is 9.01. The summed E-state index contributed by atoms with van der Waals surface area (Å²) in [6.45, 7) is 5.25. The molecule has 2 heterocycles. The van der Waals surface area contributed by atoms with Crippen LogP contribution in [0, 0.1) is 11.8 Å². The van der Waals surface area contributed by atoms with E-state index in [0.717, 1.165) is 45.3 Å². The third-order valence-electron chi connectivity index (χ3n) is 5.89. The van der Waals surface area contributed by atoms with Crippen molar-refractivity contribution >= 4 is 5.91 Å². The first kappa shape index (κ1) is 15.3. The molecule has 1 aliphatic carbocycles. The first-order chi connectivity index (χ1) is 10.3. The summed E-state index contributed by atoms with van der Waals surface area (Å²) in [6.07, 6.45) is 9.57. The van der Waals surface area contributed by atoms with Gasteiger partial charge < -0.3 is 10.6 Å². The Morgan fingerprint density at radius 3 is 2.33 bits per heavy atom. The lowest BCUT2D eigenvalue weighted by molar-refractivity contribution is -0.139. The van der Waals surface area contributed by atoms with Crippen LogP contribution in [0.25, 0.3) is 0 Å². The minimum atomic E-state index is 0.283. The van der Waals surface area contributed by atoms with Crippen LogP contribution >= 0.6 is 0 Å². The monoisotopic (exact) mass is 293 g/mol. The zero-order valence-electron chi connectivity index (χ0n) is 13.3. The van der Waals surface area contributed by atoms with Crippen LogP contribution in [0.2, 0.25) is 0 Å². The smallest absolute Gasteiger partial charge is 0.225 e. The zero-order chi connectivity index (χ0) is 14.7. The molecule has 1 amide bonds. The maximum atomic E-state index is 12.8. The molecule has 0 radical (unpaired) electrons. The van der Waals surface area contributed by atoms with Crippen molar-refractivity contribution < 1.29 is 4.79 Å². The number of likely N-dealkylation sites (tertiary alicyclic amines) is 2. The largest absolute Gasteiger partial charge is 0.341 e. The van der Waals surface area contributed by atoms with Gasteiger partial charge in [-0.15, -0.1) is 0 Å². The normalized spacial score (nSPS) is 35.1. The predicted molar refractivity (Wildman–Crippen MR) is 84.9 cm³/mol. The van der Waals surface area contributed by atoms with E-state index >= 15 is 0 Å². The number of piperidine rings is 1. The van der Waals surface area contributed by atoms with Gasteiger partial charge in [-0.25, -0.2) is 0 Å². The quantitative estimate of drug-likeness (QED) is 0.864. The first-order valence-electron chi connectivity index (χ1n) is 9.01. The van der Waals surface area contributed by atoms with Crippen molar-refractivity contribution in [2.24, 2.45) is 17.6 Å². The van der Waals surface area contributed by atoms with Crippen LogP contribution in [0.3, 0.4) is 0 Å². The Morgan fingerprint density at radius 2 is 1.67 bits per heavy atom. The topological polar surface area (TPSA) is 49.6 Å². The maximum absolute atomic E-state index is 12.8. The molecule has 0 spiro atoms. The van der Waals surface area contributed by atoms with E-state index in [9.17, 15) is 4.79 Å². The van der Waals surface area contributed by atoms with Crippen molar-refractivity contribution in [3.63, 3.8) is 0 Å². The van der Waals surface area contributed by atoms with Crippen LogP contribution in [-0.2, 0) is 4.79 Å². The van der Waals surface area contributed by atoms with Crippen LogP contribution in [0.1, 0.15) is 51.4 Å². The Morgan fingerprint density at radius 1 is 0.952 bits per heavy atom. The summed E-state index contributed by atoms with van der Waals surface area (Å²) in [5.74, 6) is 1.38. The lowest BCUT2D eigenvalue weighted by Gasteiger charge is -2.40. The maximum Gasteiger partial charge on any atom is 0.225 e. The Balaban J connectivity index is 1.52. The number of carbonyl (C=O) groups is 1. The molecule has 1 saturated carbocycles. The lowest BCUT2D eigenvalue weighted by Crippen LogP contribution is -2.50. The van der Waals surface area contributed by atoms with Crippen molar-refractivity contribution in [3.8, 4) is 0 Å². The van der Waals surface area contributed by atoms with E-state index in [0.29, 0.717) is 17.9 Å². The summed E-state index contributed by atoms with van der Waals surface area (Å²) >= 11 is 0. The van der Waals surface area contributed by atoms with E-state index in [-0.39, 0.29) is 5.92 Å². The van der Waals surface area contributed by atoms with Crippen molar-refractivity contribution in [2.75, 3.05) is 32.7 Å². The highest BCUT2D eigenvalue weighted by atomic mass is 16.2. The standard InChI is InChI=1S/C17H31N3O/c18-12-14-5-7-15(8-6-14)17(21)20-11-3-4-16(13-20)19-9-1-2-10-19/h14-16H,1-13,18H2. The van der Waals surface area contributed by atoms with Gasteiger partial charge in [-0.05, 0) is 76.9 Å². The molecule has 0 aromatic heterocycles. The van der Waals surface area contributed by atoms with E-state index in [1.807, 2.05) is 0 Å². The second-order valence-electron chi connectivity index (χ2n) is 7.28. The highest BCUT2D eigenvalue weighted by molar-refractivity contribution is 5.79. The van der Waals surface area contributed by atoms with Gasteiger partial charge in [0.1, 0.15) is 0 Å². The van der Waals surface area contributed by atoms with Crippen LogP contribution in [0.4, 0.5) is 0 Å². The minimum Gasteiger partial charge on any atom is -0.341 e. The molecule has 2 saturated heterocycles. The molecular weight excluding hydrogens is 262 g/mol. The van der Waals surface area contributed by atoms with Gasteiger partial charge in [0.25, 0.3) is 0 Å². The van der Waals surface area contributed by atoms with E-state index in [2.05, 4.69) is 9.80 Å². The number of rotatable bonds is 3. The second-order valence-corrected chi connectivity index (χ2v) is 7.28. The van der Waals surface area contributed by atoms with Crippen molar-refractivity contribution in [1.82, 2.24) is 9.80 Å². The van der Waals surface area contributed by atoms with Crippen LogP contribution in [0.5, 0.6) is 0 Å². The number of nitrogens with two attached hydrogens (primary N) is 1. The van der Waals surface area contributed by atoms with Crippen LogP contribution in [0.15, 0.2) is 0 Å². The number of hydrogen-bond donors (Lipinski definition) is 1. The fourth-order valence-electron chi connectivity index (χ4n) is 4.46. The summed E-state index contributed by atoms with van der Waals surface area (Å²) in [5, 5.41) is 0. The fourth-order valence-corrected chi connectivity index (χ4v) is 4.46. The molecule has 0 aromatic rings. The molecule has 3 fully saturated rings. The van der Waals surface area contributed by atoms with Crippen molar-refractivity contribution in [3.05, 3.63) is 0 Å². The van der Waals surface area contributed by atoms with E-state index in [1.54, 1.807) is 0 Å². The average Bonchev–Trinajstić information content (AvgIpc) is 3.09. The second kappa shape index (κ2) is 7.10. The van der Waals surface area contributed by atoms with Gasteiger partial charge >= 0.3 is 0 Å². The molecule has 4 nitrogen and oxygen atoms in total. The van der Waals surface area contributed by atoms with Gasteiger partial charge in [0.15, 0.2) is 0 Å². The van der Waals surface area contributed by atoms with E-state index in [1.165, 1.54) is 38.8 Å². The number of hydrogen-bond acceptors (Lipinski definition) is 3. The number of carbonyl (C=O) groups excluding carboxylic acids is 1. The van der Waals surface area contributed by atoms with Gasteiger partial charge in [-0.2, -0.15) is 0 Å². The third kappa shape index (κ3) is 3.59. The zero-order valence-corrected chi connectivity index (χ0v) is 13.3. The SMILES string of the molecule is NCC1CCC(C(=O)N2CCCC(N3CCCC3)C2)CC1. The van der Waals surface area contributed by atoms with E-state index in [4.69, 9.17) is 5.73 Å². The molecule has 4 heteroatoms. The van der Waals surface area contributed by atoms with Gasteiger partial charge in [-0.3, -0.25) is 9.69 Å². The highest BCUT2D eigenvalue weighted by Crippen LogP contribution is 2.30. The summed E-state index contributed by atoms with van der Waals surface area (Å²) < 4.78 is 0. The van der Waals surface area contributed by atoms with Gasteiger partial charge in [0, 0.05) is 25.0 Å². The summed E-state index contributed by atoms with van der Waals surface area (Å²) in [7, 11) is 0. The molecule has 1 unspecified atom stereocenters. The Hall–Kier alpha value is -0.610. The molecule has 21 heavy (non-hydrogen) atoms. The Bertz CT molecular complexity index is 346. The third-order valence-corrected chi connectivity index (χ3v) is 5.89. The molecule has 0 aromatic carbocycles. The fraction of sp³-hybridized carbons (Fsp3) is 0.941. The summed E-state index contributed by atoms with van der Waals surface area (Å²) in [5.41, 5.74) is 5.75. The Kier molecular flexibility index (Phi) is 5.17. The Labute approximate surface area is 129 Å². The van der Waals surface area contributed by atoms with Gasteiger partial charge in [-0.1, -0.05) is 0 Å². The van der Waals surface area contributed by atoms with Gasteiger partial charge in [0.05, 0.1) is 0 Å². The molecule has 3 aliphatic rings. The molecule has 2 N–H and O–H groups in total.